The molecular weight excluding hydrogens is 223 g/mol. The molecule has 0 saturated carbocycles. The van der Waals surface area contributed by atoms with Crippen LogP contribution in [0, 0.1) is 5.82 Å². The van der Waals surface area contributed by atoms with E-state index in [0.29, 0.717) is 17.3 Å². The molecule has 0 aliphatic rings. The minimum Gasteiger partial charge on any atom is -0.487 e. The van der Waals surface area contributed by atoms with Gasteiger partial charge in [0.15, 0.2) is 5.82 Å². The normalized spacial score (nSPS) is 10.0. The summed E-state index contributed by atoms with van der Waals surface area (Å²) in [5.74, 6) is 5.74. The van der Waals surface area contributed by atoms with E-state index in [2.05, 4.69) is 15.4 Å². The average Bonchev–Trinajstić information content (AvgIpc) is 2.37. The molecule has 5 nitrogen and oxygen atoms in total. The number of ether oxygens (including phenoxy) is 1. The van der Waals surface area contributed by atoms with E-state index in [0.717, 1.165) is 0 Å². The molecule has 17 heavy (non-hydrogen) atoms. The predicted molar refractivity (Wildman–Crippen MR) is 60.6 cm³/mol. The molecule has 0 spiro atoms. The van der Waals surface area contributed by atoms with Crippen LogP contribution in [0.1, 0.15) is 5.69 Å². The van der Waals surface area contributed by atoms with Crippen molar-refractivity contribution in [2.75, 3.05) is 5.43 Å². The molecule has 1 aromatic heterocycles. The van der Waals surface area contributed by atoms with Crippen LogP contribution in [-0.2, 0) is 6.61 Å². The second-order valence-electron chi connectivity index (χ2n) is 3.28. The summed E-state index contributed by atoms with van der Waals surface area (Å²) in [5, 5.41) is 0. The Balaban J connectivity index is 1.97. The lowest BCUT2D eigenvalue weighted by atomic mass is 10.3. The summed E-state index contributed by atoms with van der Waals surface area (Å²) in [7, 11) is 0. The van der Waals surface area contributed by atoms with Crippen LogP contribution in [0.15, 0.2) is 36.7 Å². The van der Waals surface area contributed by atoms with Crippen LogP contribution in [-0.4, -0.2) is 9.97 Å². The summed E-state index contributed by atoms with van der Waals surface area (Å²) in [6.07, 6.45) is 3.03. The number of benzene rings is 1. The van der Waals surface area contributed by atoms with Gasteiger partial charge in [0.2, 0.25) is 0 Å². The highest BCUT2D eigenvalue weighted by Crippen LogP contribution is 2.13. The summed E-state index contributed by atoms with van der Waals surface area (Å²) < 4.78 is 18.2. The van der Waals surface area contributed by atoms with E-state index in [1.54, 1.807) is 12.1 Å². The van der Waals surface area contributed by atoms with Crippen LogP contribution < -0.4 is 16.0 Å². The zero-order chi connectivity index (χ0) is 12.1. The molecule has 0 radical (unpaired) electrons. The number of nitrogens with zero attached hydrogens (tertiary/aromatic N) is 2. The zero-order valence-electron chi connectivity index (χ0n) is 8.93. The van der Waals surface area contributed by atoms with Gasteiger partial charge in [-0.05, 0) is 12.1 Å². The second kappa shape index (κ2) is 5.22. The molecule has 0 saturated heterocycles. The Bertz CT molecular complexity index is 489. The monoisotopic (exact) mass is 234 g/mol. The van der Waals surface area contributed by atoms with E-state index in [9.17, 15) is 4.39 Å². The summed E-state index contributed by atoms with van der Waals surface area (Å²) >= 11 is 0. The molecule has 0 bridgehead atoms. The maximum Gasteiger partial charge on any atom is 0.158 e. The zero-order valence-corrected chi connectivity index (χ0v) is 8.93. The van der Waals surface area contributed by atoms with E-state index in [1.165, 1.54) is 24.5 Å². The molecule has 0 aliphatic carbocycles. The van der Waals surface area contributed by atoms with Crippen molar-refractivity contribution in [1.82, 2.24) is 9.97 Å². The first-order valence-corrected chi connectivity index (χ1v) is 4.94. The highest BCUT2D eigenvalue weighted by molar-refractivity contribution is 5.28. The molecule has 1 heterocycles. The van der Waals surface area contributed by atoms with Crippen molar-refractivity contribution in [2.45, 2.75) is 6.61 Å². The molecule has 6 heteroatoms. The van der Waals surface area contributed by atoms with Gasteiger partial charge in [0.1, 0.15) is 18.2 Å². The Hall–Kier alpha value is -2.21. The van der Waals surface area contributed by atoms with Crippen molar-refractivity contribution in [3.05, 3.63) is 48.2 Å². The van der Waals surface area contributed by atoms with Crippen molar-refractivity contribution in [2.24, 2.45) is 5.84 Å². The third kappa shape index (κ3) is 3.12. The quantitative estimate of drug-likeness (QED) is 0.619. The number of hydrogen-bond donors (Lipinski definition) is 2. The number of anilines is 1. The van der Waals surface area contributed by atoms with E-state index in [-0.39, 0.29) is 12.4 Å². The Morgan fingerprint density at radius 2 is 2.18 bits per heavy atom. The number of nitrogens with one attached hydrogen (secondary N) is 1. The standard InChI is InChI=1S/C11H11FN4O/c12-8-2-1-3-10(4-8)17-7-9-5-15-11(16-13)6-14-9/h1-6H,7,13H2,(H,15,16). The first-order valence-electron chi connectivity index (χ1n) is 4.94. The number of aromatic nitrogens is 2. The maximum absolute atomic E-state index is 12.9. The number of halogens is 1. The maximum atomic E-state index is 12.9. The van der Waals surface area contributed by atoms with Crippen molar-refractivity contribution in [3.8, 4) is 5.75 Å². The van der Waals surface area contributed by atoms with Crippen LogP contribution in [0.5, 0.6) is 5.75 Å². The van der Waals surface area contributed by atoms with E-state index >= 15 is 0 Å². The number of nitrogen functional groups attached to an aromatic ring is 1. The van der Waals surface area contributed by atoms with Crippen LogP contribution in [0.25, 0.3) is 0 Å². The number of hydrazine groups is 1. The minimum atomic E-state index is -0.337. The molecular formula is C11H11FN4O. The van der Waals surface area contributed by atoms with Gasteiger partial charge in [-0.15, -0.1) is 0 Å². The molecule has 0 atom stereocenters. The third-order valence-electron chi connectivity index (χ3n) is 2.04. The van der Waals surface area contributed by atoms with Gasteiger partial charge in [0, 0.05) is 6.07 Å². The molecule has 3 N–H and O–H groups in total. The van der Waals surface area contributed by atoms with Crippen LogP contribution in [0.2, 0.25) is 0 Å². The number of rotatable bonds is 4. The Labute approximate surface area is 97.4 Å². The Morgan fingerprint density at radius 3 is 2.82 bits per heavy atom. The van der Waals surface area contributed by atoms with Crippen molar-refractivity contribution in [3.63, 3.8) is 0 Å². The summed E-state index contributed by atoms with van der Waals surface area (Å²) in [4.78, 5) is 8.04. The molecule has 2 rings (SSSR count). The fraction of sp³-hybridized carbons (Fsp3) is 0.0909. The van der Waals surface area contributed by atoms with Crippen LogP contribution >= 0.6 is 0 Å². The molecule has 1 aromatic carbocycles. The average molecular weight is 234 g/mol. The van der Waals surface area contributed by atoms with Crippen LogP contribution in [0.3, 0.4) is 0 Å². The van der Waals surface area contributed by atoms with Gasteiger partial charge in [0.05, 0.1) is 18.1 Å². The van der Waals surface area contributed by atoms with E-state index in [1.807, 2.05) is 0 Å². The summed E-state index contributed by atoms with van der Waals surface area (Å²) in [6.45, 7) is 0.224. The Kier molecular flexibility index (Phi) is 3.46. The lowest BCUT2D eigenvalue weighted by molar-refractivity contribution is 0.299. The molecule has 0 unspecified atom stereocenters. The van der Waals surface area contributed by atoms with Gasteiger partial charge in [0.25, 0.3) is 0 Å². The summed E-state index contributed by atoms with van der Waals surface area (Å²) in [5.41, 5.74) is 3.00. The van der Waals surface area contributed by atoms with E-state index < -0.39 is 0 Å². The molecule has 0 aliphatic heterocycles. The predicted octanol–water partition coefficient (Wildman–Crippen LogP) is 1.48. The Morgan fingerprint density at radius 1 is 1.29 bits per heavy atom. The molecule has 88 valence electrons. The van der Waals surface area contributed by atoms with Crippen LogP contribution in [0.4, 0.5) is 10.2 Å². The highest BCUT2D eigenvalue weighted by Gasteiger charge is 1.99. The largest absolute Gasteiger partial charge is 0.487 e. The highest BCUT2D eigenvalue weighted by atomic mass is 19.1. The SMILES string of the molecule is NNc1cnc(COc2cccc(F)c2)cn1. The van der Waals surface area contributed by atoms with Crippen molar-refractivity contribution in [1.29, 1.82) is 0 Å². The van der Waals surface area contributed by atoms with Gasteiger partial charge in [-0.2, -0.15) is 0 Å². The first-order chi connectivity index (χ1) is 8.28. The van der Waals surface area contributed by atoms with Gasteiger partial charge < -0.3 is 10.2 Å². The third-order valence-corrected chi connectivity index (χ3v) is 2.04. The van der Waals surface area contributed by atoms with Crippen molar-refractivity contribution < 1.29 is 9.13 Å². The second-order valence-corrected chi connectivity index (χ2v) is 3.28. The van der Waals surface area contributed by atoms with Gasteiger partial charge in [-0.1, -0.05) is 6.07 Å². The summed E-state index contributed by atoms with van der Waals surface area (Å²) in [6, 6.07) is 5.92. The lowest BCUT2D eigenvalue weighted by Gasteiger charge is -2.05. The van der Waals surface area contributed by atoms with E-state index in [4.69, 9.17) is 10.6 Å². The van der Waals surface area contributed by atoms with Gasteiger partial charge in [-0.25, -0.2) is 15.2 Å². The molecule has 0 fully saturated rings. The van der Waals surface area contributed by atoms with Gasteiger partial charge >= 0.3 is 0 Å². The minimum absolute atomic E-state index is 0.224. The molecule has 2 aromatic rings. The smallest absolute Gasteiger partial charge is 0.158 e. The number of nitrogens with two attached hydrogens (primary N) is 1. The fourth-order valence-electron chi connectivity index (χ4n) is 1.22. The molecule has 0 amide bonds. The first kappa shape index (κ1) is 11.3. The number of hydrogen-bond acceptors (Lipinski definition) is 5. The van der Waals surface area contributed by atoms with Crippen molar-refractivity contribution >= 4 is 5.82 Å². The van der Waals surface area contributed by atoms with Gasteiger partial charge in [-0.3, -0.25) is 4.98 Å². The fourth-order valence-corrected chi connectivity index (χ4v) is 1.22. The lowest BCUT2D eigenvalue weighted by Crippen LogP contribution is -2.09. The topological polar surface area (TPSA) is 73.1 Å².